The number of carbonyl (C=O) groups is 1. The maximum absolute atomic E-state index is 11.8. The standard InChI is InChI=1S/C14H15N3OS/c15-17-14(18)13-12(10-6-7-10)16-11(19-13)8-9-4-2-1-3-5-9/h1-5,10H,6-8,15H2,(H,17,18). The third-order valence-electron chi connectivity index (χ3n) is 3.20. The SMILES string of the molecule is NNC(=O)c1sc(Cc2ccccc2)nc1C1CC1. The number of nitrogens with zero attached hydrogens (tertiary/aromatic N) is 1. The van der Waals surface area contributed by atoms with E-state index in [0.29, 0.717) is 10.8 Å². The lowest BCUT2D eigenvalue weighted by Gasteiger charge is -1.97. The molecule has 3 rings (SSSR count). The first-order chi connectivity index (χ1) is 9.28. The number of rotatable bonds is 4. The van der Waals surface area contributed by atoms with E-state index >= 15 is 0 Å². The summed E-state index contributed by atoms with van der Waals surface area (Å²) < 4.78 is 0. The minimum absolute atomic E-state index is 0.223. The Hall–Kier alpha value is -1.72. The van der Waals surface area contributed by atoms with Gasteiger partial charge in [-0.15, -0.1) is 11.3 Å². The van der Waals surface area contributed by atoms with Crippen LogP contribution in [-0.4, -0.2) is 10.9 Å². The normalized spacial score (nSPS) is 14.4. The van der Waals surface area contributed by atoms with Gasteiger partial charge in [0.1, 0.15) is 4.88 Å². The second kappa shape index (κ2) is 5.11. The largest absolute Gasteiger partial charge is 0.289 e. The highest BCUT2D eigenvalue weighted by Gasteiger charge is 2.31. The van der Waals surface area contributed by atoms with E-state index < -0.39 is 0 Å². The van der Waals surface area contributed by atoms with Gasteiger partial charge >= 0.3 is 0 Å². The van der Waals surface area contributed by atoms with Crippen molar-refractivity contribution in [3.63, 3.8) is 0 Å². The van der Waals surface area contributed by atoms with Crippen molar-refractivity contribution < 1.29 is 4.79 Å². The minimum atomic E-state index is -0.223. The van der Waals surface area contributed by atoms with E-state index in [4.69, 9.17) is 5.84 Å². The molecule has 1 aliphatic rings. The number of benzene rings is 1. The first-order valence-corrected chi connectivity index (χ1v) is 7.14. The summed E-state index contributed by atoms with van der Waals surface area (Å²) in [5, 5.41) is 0.978. The Balaban J connectivity index is 1.88. The van der Waals surface area contributed by atoms with Gasteiger partial charge < -0.3 is 0 Å². The number of hydrogen-bond acceptors (Lipinski definition) is 4. The number of nitrogens with two attached hydrogens (primary N) is 1. The summed E-state index contributed by atoms with van der Waals surface area (Å²) in [5.41, 5.74) is 4.35. The Bertz CT molecular complexity index is 590. The molecule has 0 radical (unpaired) electrons. The Morgan fingerprint density at radius 1 is 1.37 bits per heavy atom. The van der Waals surface area contributed by atoms with Crippen LogP contribution in [0.5, 0.6) is 0 Å². The highest BCUT2D eigenvalue weighted by atomic mass is 32.1. The van der Waals surface area contributed by atoms with Gasteiger partial charge in [0.25, 0.3) is 5.91 Å². The Labute approximate surface area is 115 Å². The molecular formula is C14H15N3OS. The van der Waals surface area contributed by atoms with Crippen LogP contribution in [0.25, 0.3) is 0 Å². The summed E-state index contributed by atoms with van der Waals surface area (Å²) in [6.07, 6.45) is 3.02. The lowest BCUT2D eigenvalue weighted by molar-refractivity contribution is 0.0956. The van der Waals surface area contributed by atoms with E-state index in [1.807, 2.05) is 18.2 Å². The molecule has 4 nitrogen and oxygen atoms in total. The lowest BCUT2D eigenvalue weighted by atomic mass is 10.2. The van der Waals surface area contributed by atoms with Crippen LogP contribution in [-0.2, 0) is 6.42 Å². The Kier molecular flexibility index (Phi) is 3.31. The van der Waals surface area contributed by atoms with Crippen molar-refractivity contribution in [1.29, 1.82) is 0 Å². The Morgan fingerprint density at radius 2 is 2.11 bits per heavy atom. The number of hydrogen-bond donors (Lipinski definition) is 2. The van der Waals surface area contributed by atoms with Crippen molar-refractivity contribution in [3.05, 3.63) is 51.5 Å². The van der Waals surface area contributed by atoms with E-state index in [0.717, 1.165) is 30.0 Å². The summed E-state index contributed by atoms with van der Waals surface area (Å²) in [7, 11) is 0. The molecule has 98 valence electrons. The zero-order chi connectivity index (χ0) is 13.2. The summed E-state index contributed by atoms with van der Waals surface area (Å²) in [6.45, 7) is 0. The number of amides is 1. The van der Waals surface area contributed by atoms with Gasteiger partial charge in [-0.1, -0.05) is 30.3 Å². The van der Waals surface area contributed by atoms with E-state index in [2.05, 4.69) is 22.5 Å². The molecule has 5 heteroatoms. The topological polar surface area (TPSA) is 68.0 Å². The maximum atomic E-state index is 11.8. The van der Waals surface area contributed by atoms with Gasteiger partial charge in [-0.3, -0.25) is 10.2 Å². The van der Waals surface area contributed by atoms with Gasteiger partial charge in [0.15, 0.2) is 0 Å². The predicted octanol–water partition coefficient (Wildman–Crippen LogP) is 2.21. The van der Waals surface area contributed by atoms with Crippen LogP contribution in [0.4, 0.5) is 0 Å². The van der Waals surface area contributed by atoms with Crippen molar-refractivity contribution in [2.45, 2.75) is 25.2 Å². The first-order valence-electron chi connectivity index (χ1n) is 6.32. The Morgan fingerprint density at radius 3 is 2.74 bits per heavy atom. The van der Waals surface area contributed by atoms with E-state index in [-0.39, 0.29) is 5.91 Å². The molecule has 1 fully saturated rings. The molecule has 3 N–H and O–H groups in total. The fourth-order valence-electron chi connectivity index (χ4n) is 2.09. The molecule has 0 aliphatic heterocycles. The molecule has 19 heavy (non-hydrogen) atoms. The summed E-state index contributed by atoms with van der Waals surface area (Å²) in [4.78, 5) is 17.1. The van der Waals surface area contributed by atoms with Crippen LogP contribution in [0.1, 0.15) is 44.7 Å². The summed E-state index contributed by atoms with van der Waals surface area (Å²) in [6, 6.07) is 10.2. The number of aromatic nitrogens is 1. The van der Waals surface area contributed by atoms with Crippen LogP contribution in [0.3, 0.4) is 0 Å². The van der Waals surface area contributed by atoms with Crippen LogP contribution in [0.15, 0.2) is 30.3 Å². The zero-order valence-electron chi connectivity index (χ0n) is 10.4. The number of carbonyl (C=O) groups excluding carboxylic acids is 1. The average molecular weight is 273 g/mol. The molecule has 1 aromatic carbocycles. The molecule has 0 unspecified atom stereocenters. The van der Waals surface area contributed by atoms with Crippen molar-refractivity contribution in [3.8, 4) is 0 Å². The van der Waals surface area contributed by atoms with Crippen molar-refractivity contribution in [1.82, 2.24) is 10.4 Å². The van der Waals surface area contributed by atoms with Crippen molar-refractivity contribution >= 4 is 17.2 Å². The quantitative estimate of drug-likeness (QED) is 0.510. The molecule has 1 amide bonds. The molecule has 0 atom stereocenters. The highest BCUT2D eigenvalue weighted by Crippen LogP contribution is 2.42. The van der Waals surface area contributed by atoms with Gasteiger partial charge in [-0.2, -0.15) is 0 Å². The molecule has 1 aliphatic carbocycles. The maximum Gasteiger partial charge on any atom is 0.277 e. The van der Waals surface area contributed by atoms with E-state index in [9.17, 15) is 4.79 Å². The highest BCUT2D eigenvalue weighted by molar-refractivity contribution is 7.13. The van der Waals surface area contributed by atoms with Crippen LogP contribution in [0, 0.1) is 0 Å². The van der Waals surface area contributed by atoms with Crippen LogP contribution in [0.2, 0.25) is 0 Å². The van der Waals surface area contributed by atoms with Gasteiger partial charge in [-0.05, 0) is 18.4 Å². The fourth-order valence-corrected chi connectivity index (χ4v) is 3.17. The number of hydrazine groups is 1. The zero-order valence-corrected chi connectivity index (χ0v) is 11.2. The molecule has 1 saturated carbocycles. The second-order valence-corrected chi connectivity index (χ2v) is 5.82. The predicted molar refractivity (Wildman–Crippen MR) is 75.0 cm³/mol. The molecule has 0 bridgehead atoms. The van der Waals surface area contributed by atoms with E-state index in [1.54, 1.807) is 0 Å². The number of nitrogens with one attached hydrogen (secondary N) is 1. The van der Waals surface area contributed by atoms with Gasteiger partial charge in [0.2, 0.25) is 0 Å². The summed E-state index contributed by atoms with van der Waals surface area (Å²) >= 11 is 1.45. The third kappa shape index (κ3) is 2.67. The second-order valence-electron chi connectivity index (χ2n) is 4.73. The van der Waals surface area contributed by atoms with Crippen LogP contribution >= 0.6 is 11.3 Å². The number of thiazole rings is 1. The smallest absolute Gasteiger partial charge is 0.277 e. The lowest BCUT2D eigenvalue weighted by Crippen LogP contribution is -2.30. The molecular weight excluding hydrogens is 258 g/mol. The van der Waals surface area contributed by atoms with Gasteiger partial charge in [0, 0.05) is 12.3 Å². The number of nitrogen functional groups attached to an aromatic ring is 1. The van der Waals surface area contributed by atoms with Gasteiger partial charge in [0.05, 0.1) is 10.7 Å². The molecule has 0 saturated heterocycles. The molecule has 2 aromatic rings. The average Bonchev–Trinajstić information content (AvgIpc) is 3.21. The van der Waals surface area contributed by atoms with Crippen LogP contribution < -0.4 is 11.3 Å². The minimum Gasteiger partial charge on any atom is -0.289 e. The fraction of sp³-hybridized carbons (Fsp3) is 0.286. The van der Waals surface area contributed by atoms with E-state index in [1.165, 1.54) is 16.9 Å². The third-order valence-corrected chi connectivity index (χ3v) is 4.27. The molecule has 0 spiro atoms. The van der Waals surface area contributed by atoms with Crippen molar-refractivity contribution in [2.24, 2.45) is 5.84 Å². The first kappa shape index (κ1) is 12.3. The molecule has 1 heterocycles. The van der Waals surface area contributed by atoms with Crippen molar-refractivity contribution in [2.75, 3.05) is 0 Å². The molecule has 1 aromatic heterocycles. The monoisotopic (exact) mass is 273 g/mol. The van der Waals surface area contributed by atoms with Gasteiger partial charge in [-0.25, -0.2) is 10.8 Å². The summed E-state index contributed by atoms with van der Waals surface area (Å²) in [5.74, 6) is 5.46.